The lowest BCUT2D eigenvalue weighted by Crippen LogP contribution is -2.45. The van der Waals surface area contributed by atoms with Gasteiger partial charge < -0.3 is 15.3 Å². The summed E-state index contributed by atoms with van der Waals surface area (Å²) in [5.74, 6) is -0.912. The highest BCUT2D eigenvalue weighted by Gasteiger charge is 2.18. The Kier molecular flexibility index (Phi) is 6.49. The number of hydrogen-bond donors (Lipinski definition) is 2. The topological polar surface area (TPSA) is 82.5 Å². The van der Waals surface area contributed by atoms with Gasteiger partial charge in [-0.2, -0.15) is 0 Å². The van der Waals surface area contributed by atoms with Crippen LogP contribution in [0.5, 0.6) is 0 Å². The lowest BCUT2D eigenvalue weighted by Gasteiger charge is -2.24. The first-order chi connectivity index (χ1) is 9.56. The quantitative estimate of drug-likeness (QED) is 0.798. The van der Waals surface area contributed by atoms with Crippen molar-refractivity contribution in [3.8, 4) is 0 Å². The van der Waals surface area contributed by atoms with Crippen molar-refractivity contribution >= 4 is 12.0 Å². The predicted octanol–water partition coefficient (Wildman–Crippen LogP) is 1.87. The van der Waals surface area contributed by atoms with Gasteiger partial charge in [0.05, 0.1) is 18.7 Å². The molecule has 1 aromatic heterocycles. The third kappa shape index (κ3) is 5.26. The molecule has 0 aliphatic carbocycles. The molecule has 1 unspecified atom stereocenters. The fourth-order valence-electron chi connectivity index (χ4n) is 1.79. The van der Waals surface area contributed by atoms with E-state index in [1.165, 1.54) is 0 Å². The summed E-state index contributed by atoms with van der Waals surface area (Å²) >= 11 is 0. The van der Waals surface area contributed by atoms with Gasteiger partial charge in [0.25, 0.3) is 0 Å². The Balaban J connectivity index is 2.60. The number of nitrogens with zero attached hydrogens (tertiary/aromatic N) is 2. The van der Waals surface area contributed by atoms with Crippen LogP contribution in [0.2, 0.25) is 0 Å². The second-order valence-electron chi connectivity index (χ2n) is 4.49. The molecule has 0 radical (unpaired) electrons. The van der Waals surface area contributed by atoms with Crippen LogP contribution in [-0.4, -0.2) is 39.6 Å². The fourth-order valence-corrected chi connectivity index (χ4v) is 1.79. The van der Waals surface area contributed by atoms with Crippen LogP contribution in [0.1, 0.15) is 32.4 Å². The Morgan fingerprint density at radius 2 is 2.15 bits per heavy atom. The van der Waals surface area contributed by atoms with E-state index < -0.39 is 5.97 Å². The number of urea groups is 1. The maximum absolute atomic E-state index is 12.1. The molecule has 0 bridgehead atoms. The van der Waals surface area contributed by atoms with Gasteiger partial charge in [-0.05, 0) is 25.5 Å². The number of hydrogen-bond acceptors (Lipinski definition) is 3. The number of carboxylic acids is 1. The van der Waals surface area contributed by atoms with E-state index in [4.69, 9.17) is 5.11 Å². The fraction of sp³-hybridized carbons (Fsp3) is 0.500. The molecule has 1 heterocycles. The maximum Gasteiger partial charge on any atom is 0.317 e. The van der Waals surface area contributed by atoms with Gasteiger partial charge in [0.2, 0.25) is 0 Å². The molecule has 6 nitrogen and oxygen atoms in total. The van der Waals surface area contributed by atoms with Gasteiger partial charge in [0.1, 0.15) is 0 Å². The normalized spacial score (nSPS) is 11.7. The smallest absolute Gasteiger partial charge is 0.317 e. The number of pyridine rings is 1. The molecule has 0 spiro atoms. The Morgan fingerprint density at radius 1 is 1.40 bits per heavy atom. The molecule has 2 amide bonds. The number of aromatic nitrogens is 1. The van der Waals surface area contributed by atoms with Crippen molar-refractivity contribution in [2.75, 3.05) is 6.54 Å². The predicted molar refractivity (Wildman–Crippen MR) is 75.2 cm³/mol. The number of carboxylic acid groups (broad SMARTS) is 1. The molecule has 2 N–H and O–H groups in total. The van der Waals surface area contributed by atoms with Crippen LogP contribution >= 0.6 is 0 Å². The molecule has 0 aliphatic rings. The zero-order chi connectivity index (χ0) is 15.0. The first-order valence-electron chi connectivity index (χ1n) is 6.73. The molecule has 1 atom stereocenters. The van der Waals surface area contributed by atoms with Crippen molar-refractivity contribution in [3.05, 3.63) is 30.1 Å². The molecular weight excluding hydrogens is 258 g/mol. The lowest BCUT2D eigenvalue weighted by atomic mass is 10.1. The van der Waals surface area contributed by atoms with Gasteiger partial charge in [-0.15, -0.1) is 0 Å². The number of rotatable bonds is 7. The summed E-state index contributed by atoms with van der Waals surface area (Å²) in [4.78, 5) is 28.6. The number of amides is 2. The summed E-state index contributed by atoms with van der Waals surface area (Å²) in [6.45, 7) is 4.67. The highest BCUT2D eigenvalue weighted by molar-refractivity contribution is 5.75. The Bertz CT molecular complexity index is 437. The van der Waals surface area contributed by atoms with Gasteiger partial charge in [-0.1, -0.05) is 13.0 Å². The second kappa shape index (κ2) is 8.14. The lowest BCUT2D eigenvalue weighted by molar-refractivity contribution is -0.137. The third-order valence-corrected chi connectivity index (χ3v) is 2.99. The summed E-state index contributed by atoms with van der Waals surface area (Å²) < 4.78 is 0. The summed E-state index contributed by atoms with van der Waals surface area (Å²) in [5, 5.41) is 11.5. The molecule has 0 saturated heterocycles. The number of carbonyl (C=O) groups is 2. The molecule has 1 rings (SSSR count). The van der Waals surface area contributed by atoms with E-state index in [9.17, 15) is 9.59 Å². The van der Waals surface area contributed by atoms with E-state index in [0.717, 1.165) is 5.69 Å². The number of nitrogens with one attached hydrogen (secondary N) is 1. The first-order valence-corrected chi connectivity index (χ1v) is 6.73. The molecule has 0 aromatic carbocycles. The van der Waals surface area contributed by atoms with Crippen molar-refractivity contribution in [1.29, 1.82) is 0 Å². The van der Waals surface area contributed by atoms with Crippen LogP contribution < -0.4 is 5.32 Å². The van der Waals surface area contributed by atoms with Crippen LogP contribution in [0.4, 0.5) is 4.79 Å². The zero-order valence-electron chi connectivity index (χ0n) is 11.9. The van der Waals surface area contributed by atoms with Crippen LogP contribution in [0.3, 0.4) is 0 Å². The molecule has 110 valence electrons. The Morgan fingerprint density at radius 3 is 2.65 bits per heavy atom. The standard InChI is InChI=1S/C14H21N3O3/c1-3-11(9-13(18)19)16-14(20)17(4-2)10-12-7-5-6-8-15-12/h5-8,11H,3-4,9-10H2,1-2H3,(H,16,20)(H,18,19). The molecular formula is C14H21N3O3. The van der Waals surface area contributed by atoms with E-state index in [0.29, 0.717) is 19.5 Å². The minimum atomic E-state index is -0.912. The average molecular weight is 279 g/mol. The Labute approximate surface area is 118 Å². The van der Waals surface area contributed by atoms with E-state index in [-0.39, 0.29) is 18.5 Å². The monoisotopic (exact) mass is 279 g/mol. The van der Waals surface area contributed by atoms with Gasteiger partial charge in [0.15, 0.2) is 0 Å². The van der Waals surface area contributed by atoms with E-state index in [1.54, 1.807) is 11.1 Å². The highest BCUT2D eigenvalue weighted by Crippen LogP contribution is 2.04. The maximum atomic E-state index is 12.1. The molecule has 0 saturated carbocycles. The number of carbonyl (C=O) groups excluding carboxylic acids is 1. The Hall–Kier alpha value is -2.11. The van der Waals surface area contributed by atoms with E-state index in [2.05, 4.69) is 10.3 Å². The number of aliphatic carboxylic acids is 1. The minimum absolute atomic E-state index is 0.0661. The molecule has 6 heteroatoms. The van der Waals surface area contributed by atoms with Gasteiger partial charge in [0, 0.05) is 18.8 Å². The van der Waals surface area contributed by atoms with Crippen molar-refractivity contribution in [2.45, 2.75) is 39.3 Å². The third-order valence-electron chi connectivity index (χ3n) is 2.99. The molecule has 1 aromatic rings. The summed E-state index contributed by atoms with van der Waals surface area (Å²) in [6.07, 6.45) is 2.20. The zero-order valence-corrected chi connectivity index (χ0v) is 11.9. The SMILES string of the molecule is CCC(CC(=O)O)NC(=O)N(CC)Cc1ccccn1. The molecule has 0 fully saturated rings. The first kappa shape index (κ1) is 15.9. The van der Waals surface area contributed by atoms with Gasteiger partial charge in [-0.3, -0.25) is 9.78 Å². The van der Waals surface area contributed by atoms with Crippen molar-refractivity contribution in [2.24, 2.45) is 0 Å². The average Bonchev–Trinajstić information content (AvgIpc) is 2.44. The summed E-state index contributed by atoms with van der Waals surface area (Å²) in [6, 6.07) is 4.93. The van der Waals surface area contributed by atoms with E-state index >= 15 is 0 Å². The summed E-state index contributed by atoms with van der Waals surface area (Å²) in [5.41, 5.74) is 0.802. The van der Waals surface area contributed by atoms with Crippen LogP contribution in [-0.2, 0) is 11.3 Å². The largest absolute Gasteiger partial charge is 0.481 e. The van der Waals surface area contributed by atoms with Crippen LogP contribution in [0.25, 0.3) is 0 Å². The molecule has 20 heavy (non-hydrogen) atoms. The van der Waals surface area contributed by atoms with Crippen molar-refractivity contribution < 1.29 is 14.7 Å². The summed E-state index contributed by atoms with van der Waals surface area (Å²) in [7, 11) is 0. The van der Waals surface area contributed by atoms with E-state index in [1.807, 2.05) is 32.0 Å². The minimum Gasteiger partial charge on any atom is -0.481 e. The van der Waals surface area contributed by atoms with Gasteiger partial charge in [-0.25, -0.2) is 4.79 Å². The molecule has 0 aliphatic heterocycles. The second-order valence-corrected chi connectivity index (χ2v) is 4.49. The van der Waals surface area contributed by atoms with Gasteiger partial charge >= 0.3 is 12.0 Å². The highest BCUT2D eigenvalue weighted by atomic mass is 16.4. The van der Waals surface area contributed by atoms with Crippen molar-refractivity contribution in [1.82, 2.24) is 15.2 Å². The van der Waals surface area contributed by atoms with Crippen LogP contribution in [0, 0.1) is 0 Å². The van der Waals surface area contributed by atoms with Crippen molar-refractivity contribution in [3.63, 3.8) is 0 Å². The van der Waals surface area contributed by atoms with Crippen LogP contribution in [0.15, 0.2) is 24.4 Å².